The van der Waals surface area contributed by atoms with E-state index in [0.29, 0.717) is 11.6 Å². The molecular formula is C16H12ClN5S. The largest absolute Gasteiger partial charge is 0.332 e. The van der Waals surface area contributed by atoms with E-state index in [1.807, 2.05) is 58.6 Å². The molecule has 0 aliphatic heterocycles. The van der Waals surface area contributed by atoms with E-state index < -0.39 is 0 Å². The van der Waals surface area contributed by atoms with E-state index in [2.05, 4.69) is 20.6 Å². The lowest BCUT2D eigenvalue weighted by Gasteiger charge is -2.02. The molecule has 0 amide bonds. The summed E-state index contributed by atoms with van der Waals surface area (Å²) in [6.45, 7) is 0.597. The molecule has 0 aliphatic carbocycles. The topological polar surface area (TPSA) is 55.6 Å². The van der Waals surface area contributed by atoms with Crippen molar-refractivity contribution in [1.29, 1.82) is 0 Å². The van der Waals surface area contributed by atoms with Crippen LogP contribution in [0.5, 0.6) is 0 Å². The Morgan fingerprint density at radius 2 is 1.91 bits per heavy atom. The van der Waals surface area contributed by atoms with Crippen LogP contribution in [0.2, 0.25) is 5.02 Å². The maximum atomic E-state index is 5.89. The van der Waals surface area contributed by atoms with Gasteiger partial charge in [-0.3, -0.25) is 0 Å². The number of para-hydroxylation sites is 1. The summed E-state index contributed by atoms with van der Waals surface area (Å²) < 4.78 is 1.86. The monoisotopic (exact) mass is 341 g/mol. The maximum Gasteiger partial charge on any atom is 0.187 e. The second-order valence-electron chi connectivity index (χ2n) is 5.01. The van der Waals surface area contributed by atoms with E-state index in [4.69, 9.17) is 11.6 Å². The number of nitrogens with one attached hydrogen (secondary N) is 1. The van der Waals surface area contributed by atoms with Crippen molar-refractivity contribution < 1.29 is 0 Å². The fourth-order valence-electron chi connectivity index (χ4n) is 2.28. The van der Waals surface area contributed by atoms with Crippen LogP contribution in [0.15, 0.2) is 53.9 Å². The third kappa shape index (κ3) is 3.04. The van der Waals surface area contributed by atoms with E-state index in [1.165, 1.54) is 0 Å². The molecule has 7 heteroatoms. The van der Waals surface area contributed by atoms with Crippen molar-refractivity contribution in [3.63, 3.8) is 0 Å². The maximum absolute atomic E-state index is 5.89. The molecule has 2 aromatic carbocycles. The Hall–Kier alpha value is -2.44. The number of rotatable bonds is 4. The lowest BCUT2D eigenvalue weighted by Crippen LogP contribution is -2.02. The molecule has 0 aliphatic rings. The summed E-state index contributed by atoms with van der Waals surface area (Å²) in [6.07, 6.45) is 0. The zero-order chi connectivity index (χ0) is 15.6. The van der Waals surface area contributed by atoms with Gasteiger partial charge in [0.1, 0.15) is 5.52 Å². The van der Waals surface area contributed by atoms with Gasteiger partial charge in [-0.05, 0) is 36.4 Å². The standard InChI is InChI=1S/C16H12ClN5S/c17-11-5-7-12(8-6-11)18-16-19-13(10-23-16)9-22-15-4-2-1-3-14(15)20-21-22/h1-8,10H,9H2,(H,18,19). The molecule has 0 unspecified atom stereocenters. The minimum absolute atomic E-state index is 0.597. The number of anilines is 2. The zero-order valence-electron chi connectivity index (χ0n) is 12.0. The Kier molecular flexibility index (Phi) is 3.69. The predicted molar refractivity (Wildman–Crippen MR) is 93.5 cm³/mol. The number of thiazole rings is 1. The van der Waals surface area contributed by atoms with Gasteiger partial charge in [-0.2, -0.15) is 0 Å². The van der Waals surface area contributed by atoms with Gasteiger partial charge in [-0.25, -0.2) is 9.67 Å². The van der Waals surface area contributed by atoms with Gasteiger partial charge in [0.15, 0.2) is 5.13 Å². The third-order valence-electron chi connectivity index (χ3n) is 3.38. The summed E-state index contributed by atoms with van der Waals surface area (Å²) in [5.41, 5.74) is 3.80. The summed E-state index contributed by atoms with van der Waals surface area (Å²) in [7, 11) is 0. The molecule has 114 valence electrons. The molecule has 4 rings (SSSR count). The second kappa shape index (κ2) is 5.98. The first kappa shape index (κ1) is 14.2. The highest BCUT2D eigenvalue weighted by Crippen LogP contribution is 2.23. The summed E-state index contributed by atoms with van der Waals surface area (Å²) in [6, 6.07) is 15.4. The molecule has 0 atom stereocenters. The number of fused-ring (bicyclic) bond motifs is 1. The highest BCUT2D eigenvalue weighted by molar-refractivity contribution is 7.13. The van der Waals surface area contributed by atoms with Crippen molar-refractivity contribution >= 4 is 44.8 Å². The van der Waals surface area contributed by atoms with Crippen molar-refractivity contribution in [1.82, 2.24) is 20.0 Å². The normalized spacial score (nSPS) is 11.0. The van der Waals surface area contributed by atoms with Crippen LogP contribution in [0.4, 0.5) is 10.8 Å². The van der Waals surface area contributed by atoms with Gasteiger partial charge in [0, 0.05) is 16.1 Å². The van der Waals surface area contributed by atoms with Gasteiger partial charge < -0.3 is 5.32 Å². The SMILES string of the molecule is Clc1ccc(Nc2nc(Cn3nnc4ccccc43)cs2)cc1. The van der Waals surface area contributed by atoms with Crippen LogP contribution in [0.3, 0.4) is 0 Å². The van der Waals surface area contributed by atoms with Gasteiger partial charge in [0.2, 0.25) is 0 Å². The Labute approximate surface area is 141 Å². The van der Waals surface area contributed by atoms with Gasteiger partial charge in [0.25, 0.3) is 0 Å². The van der Waals surface area contributed by atoms with E-state index in [-0.39, 0.29) is 0 Å². The molecule has 0 fully saturated rings. The van der Waals surface area contributed by atoms with Gasteiger partial charge >= 0.3 is 0 Å². The van der Waals surface area contributed by atoms with Crippen LogP contribution in [-0.2, 0) is 6.54 Å². The number of halogens is 1. The van der Waals surface area contributed by atoms with Gasteiger partial charge in [0.05, 0.1) is 17.8 Å². The fraction of sp³-hybridized carbons (Fsp3) is 0.0625. The number of benzene rings is 2. The number of aromatic nitrogens is 4. The molecule has 23 heavy (non-hydrogen) atoms. The molecule has 0 saturated carbocycles. The molecular weight excluding hydrogens is 330 g/mol. The Morgan fingerprint density at radius 1 is 1.09 bits per heavy atom. The van der Waals surface area contributed by atoms with E-state index in [0.717, 1.165) is 27.5 Å². The lowest BCUT2D eigenvalue weighted by atomic mass is 10.3. The van der Waals surface area contributed by atoms with Crippen molar-refractivity contribution in [3.05, 3.63) is 64.6 Å². The smallest absolute Gasteiger partial charge is 0.187 e. The van der Waals surface area contributed by atoms with Crippen LogP contribution in [-0.4, -0.2) is 20.0 Å². The molecule has 0 radical (unpaired) electrons. The average Bonchev–Trinajstić information content (AvgIpc) is 3.18. The van der Waals surface area contributed by atoms with Crippen molar-refractivity contribution in [2.75, 3.05) is 5.32 Å². The van der Waals surface area contributed by atoms with Crippen molar-refractivity contribution in [2.45, 2.75) is 6.54 Å². The van der Waals surface area contributed by atoms with Crippen LogP contribution in [0.1, 0.15) is 5.69 Å². The second-order valence-corrected chi connectivity index (χ2v) is 6.31. The number of hydrogen-bond acceptors (Lipinski definition) is 5. The number of nitrogens with zero attached hydrogens (tertiary/aromatic N) is 4. The number of hydrogen-bond donors (Lipinski definition) is 1. The van der Waals surface area contributed by atoms with E-state index in [1.54, 1.807) is 11.3 Å². The minimum atomic E-state index is 0.597. The van der Waals surface area contributed by atoms with Gasteiger partial charge in [-0.1, -0.05) is 28.9 Å². The molecule has 0 bridgehead atoms. The summed E-state index contributed by atoms with van der Waals surface area (Å²) in [5, 5.41) is 15.2. The molecule has 5 nitrogen and oxygen atoms in total. The van der Waals surface area contributed by atoms with Gasteiger partial charge in [-0.15, -0.1) is 16.4 Å². The highest BCUT2D eigenvalue weighted by Gasteiger charge is 2.07. The molecule has 2 aromatic heterocycles. The Balaban J connectivity index is 1.52. The van der Waals surface area contributed by atoms with Crippen LogP contribution >= 0.6 is 22.9 Å². The fourth-order valence-corrected chi connectivity index (χ4v) is 3.13. The molecule has 1 N–H and O–H groups in total. The molecule has 0 saturated heterocycles. The summed E-state index contributed by atoms with van der Waals surface area (Å²) in [4.78, 5) is 4.60. The van der Waals surface area contributed by atoms with Crippen LogP contribution in [0.25, 0.3) is 11.0 Å². The average molecular weight is 342 g/mol. The summed E-state index contributed by atoms with van der Waals surface area (Å²) in [5.74, 6) is 0. The lowest BCUT2D eigenvalue weighted by molar-refractivity contribution is 0.661. The van der Waals surface area contributed by atoms with Crippen molar-refractivity contribution in [3.8, 4) is 0 Å². The predicted octanol–water partition coefficient (Wildman–Crippen LogP) is 4.33. The Bertz CT molecular complexity index is 944. The first-order valence-electron chi connectivity index (χ1n) is 7.03. The summed E-state index contributed by atoms with van der Waals surface area (Å²) >= 11 is 7.45. The zero-order valence-corrected chi connectivity index (χ0v) is 13.6. The molecule has 4 aromatic rings. The van der Waals surface area contributed by atoms with Crippen LogP contribution < -0.4 is 5.32 Å². The first-order valence-corrected chi connectivity index (χ1v) is 8.29. The molecule has 0 spiro atoms. The third-order valence-corrected chi connectivity index (χ3v) is 4.44. The van der Waals surface area contributed by atoms with E-state index >= 15 is 0 Å². The molecule has 2 heterocycles. The quantitative estimate of drug-likeness (QED) is 0.600. The van der Waals surface area contributed by atoms with Crippen molar-refractivity contribution in [2.24, 2.45) is 0 Å². The van der Waals surface area contributed by atoms with E-state index in [9.17, 15) is 0 Å². The minimum Gasteiger partial charge on any atom is -0.332 e. The van der Waals surface area contributed by atoms with Crippen LogP contribution in [0, 0.1) is 0 Å². The first-order chi connectivity index (χ1) is 11.3. The highest BCUT2D eigenvalue weighted by atomic mass is 35.5. The Morgan fingerprint density at radius 3 is 2.78 bits per heavy atom.